The molecule has 0 saturated heterocycles. The SMILES string of the molecule is CCCCOc1ccc(/C=C(/C#N)c2nc3cc(C)c(C)cc3[nH]2)cc1OC. The lowest BCUT2D eigenvalue weighted by atomic mass is 10.1. The van der Waals surface area contributed by atoms with E-state index in [0.717, 1.165) is 29.4 Å². The monoisotopic (exact) mass is 375 g/mol. The average molecular weight is 375 g/mol. The minimum atomic E-state index is 0.466. The summed E-state index contributed by atoms with van der Waals surface area (Å²) in [5.74, 6) is 1.92. The lowest BCUT2D eigenvalue weighted by molar-refractivity contribution is 0.288. The molecule has 1 heterocycles. The summed E-state index contributed by atoms with van der Waals surface area (Å²) in [5.41, 5.74) is 5.47. The highest BCUT2D eigenvalue weighted by molar-refractivity contribution is 5.90. The number of hydrogen-bond acceptors (Lipinski definition) is 4. The fourth-order valence-electron chi connectivity index (χ4n) is 2.94. The Morgan fingerprint density at radius 3 is 2.68 bits per heavy atom. The van der Waals surface area contributed by atoms with Crippen molar-refractivity contribution in [3.63, 3.8) is 0 Å². The summed E-state index contributed by atoms with van der Waals surface area (Å²) in [6.07, 6.45) is 3.87. The number of H-pyrrole nitrogens is 1. The molecule has 5 heteroatoms. The number of nitrogens with zero attached hydrogens (tertiary/aromatic N) is 2. The number of hydrogen-bond donors (Lipinski definition) is 1. The Hall–Kier alpha value is -3.26. The average Bonchev–Trinajstić information content (AvgIpc) is 3.09. The van der Waals surface area contributed by atoms with Gasteiger partial charge in [0, 0.05) is 0 Å². The van der Waals surface area contributed by atoms with Gasteiger partial charge in [-0.3, -0.25) is 0 Å². The zero-order valence-electron chi connectivity index (χ0n) is 16.8. The first kappa shape index (κ1) is 19.5. The third-order valence-electron chi connectivity index (χ3n) is 4.73. The van der Waals surface area contributed by atoms with Crippen LogP contribution in [0.15, 0.2) is 30.3 Å². The number of imidazole rings is 1. The van der Waals surface area contributed by atoms with E-state index >= 15 is 0 Å². The molecule has 144 valence electrons. The number of aryl methyl sites for hydroxylation is 2. The Morgan fingerprint density at radius 1 is 1.18 bits per heavy atom. The van der Waals surface area contributed by atoms with Crippen molar-refractivity contribution in [3.05, 3.63) is 52.8 Å². The lowest BCUT2D eigenvalue weighted by Crippen LogP contribution is -1.99. The number of nitrogens with one attached hydrogen (secondary N) is 1. The molecule has 1 aromatic heterocycles. The van der Waals surface area contributed by atoms with E-state index in [9.17, 15) is 5.26 Å². The molecule has 0 saturated carbocycles. The highest BCUT2D eigenvalue weighted by atomic mass is 16.5. The van der Waals surface area contributed by atoms with E-state index in [1.54, 1.807) is 13.2 Å². The fraction of sp³-hybridized carbons (Fsp3) is 0.304. The van der Waals surface area contributed by atoms with E-state index in [0.29, 0.717) is 29.5 Å². The van der Waals surface area contributed by atoms with Crippen LogP contribution in [0.25, 0.3) is 22.7 Å². The Bertz CT molecular complexity index is 1020. The number of ether oxygens (including phenoxy) is 2. The van der Waals surface area contributed by atoms with E-state index in [-0.39, 0.29) is 0 Å². The molecule has 0 aliphatic rings. The molecule has 28 heavy (non-hydrogen) atoms. The van der Waals surface area contributed by atoms with Gasteiger partial charge in [-0.1, -0.05) is 19.4 Å². The second-order valence-electron chi connectivity index (χ2n) is 6.82. The van der Waals surface area contributed by atoms with Gasteiger partial charge in [0.05, 0.1) is 30.3 Å². The van der Waals surface area contributed by atoms with Crippen LogP contribution in [0.3, 0.4) is 0 Å². The minimum Gasteiger partial charge on any atom is -0.493 e. The van der Waals surface area contributed by atoms with Crippen LogP contribution >= 0.6 is 0 Å². The summed E-state index contributed by atoms with van der Waals surface area (Å²) < 4.78 is 11.2. The maximum atomic E-state index is 9.67. The second-order valence-corrected chi connectivity index (χ2v) is 6.82. The Kier molecular flexibility index (Phi) is 6.00. The van der Waals surface area contributed by atoms with Crippen LogP contribution in [0.1, 0.15) is 42.3 Å². The summed E-state index contributed by atoms with van der Waals surface area (Å²) in [4.78, 5) is 7.84. The van der Waals surface area contributed by atoms with Gasteiger partial charge in [-0.15, -0.1) is 0 Å². The maximum Gasteiger partial charge on any atom is 0.161 e. The highest BCUT2D eigenvalue weighted by Gasteiger charge is 2.11. The lowest BCUT2D eigenvalue weighted by Gasteiger charge is -2.11. The molecule has 0 bridgehead atoms. The molecule has 0 aliphatic heterocycles. The van der Waals surface area contributed by atoms with Crippen molar-refractivity contribution < 1.29 is 9.47 Å². The molecule has 0 radical (unpaired) electrons. The minimum absolute atomic E-state index is 0.466. The van der Waals surface area contributed by atoms with E-state index in [2.05, 4.69) is 42.9 Å². The van der Waals surface area contributed by atoms with Gasteiger partial charge in [0.1, 0.15) is 11.9 Å². The number of allylic oxidation sites excluding steroid dienone is 1. The van der Waals surface area contributed by atoms with Crippen molar-refractivity contribution in [3.8, 4) is 17.6 Å². The van der Waals surface area contributed by atoms with Crippen LogP contribution in [0.5, 0.6) is 11.5 Å². The highest BCUT2D eigenvalue weighted by Crippen LogP contribution is 2.30. The third-order valence-corrected chi connectivity index (χ3v) is 4.73. The molecule has 0 spiro atoms. The van der Waals surface area contributed by atoms with Crippen molar-refractivity contribution in [1.29, 1.82) is 5.26 Å². The van der Waals surface area contributed by atoms with Gasteiger partial charge in [-0.25, -0.2) is 4.98 Å². The third kappa shape index (κ3) is 4.17. The number of aromatic nitrogens is 2. The summed E-state index contributed by atoms with van der Waals surface area (Å²) in [6.45, 7) is 6.90. The zero-order valence-corrected chi connectivity index (χ0v) is 16.8. The first-order chi connectivity index (χ1) is 13.5. The summed E-state index contributed by atoms with van der Waals surface area (Å²) in [5, 5.41) is 9.67. The van der Waals surface area contributed by atoms with E-state index in [4.69, 9.17) is 9.47 Å². The largest absolute Gasteiger partial charge is 0.493 e. The Balaban J connectivity index is 1.93. The molecule has 0 fully saturated rings. The molecule has 0 atom stereocenters. The normalized spacial score (nSPS) is 11.5. The summed E-state index contributed by atoms with van der Waals surface area (Å²) in [7, 11) is 1.62. The van der Waals surface area contributed by atoms with Crippen molar-refractivity contribution in [2.45, 2.75) is 33.6 Å². The molecule has 0 amide bonds. The van der Waals surface area contributed by atoms with Crippen LogP contribution in [0, 0.1) is 25.2 Å². The quantitative estimate of drug-likeness (QED) is 0.441. The number of methoxy groups -OCH3 is 1. The van der Waals surface area contributed by atoms with Crippen molar-refractivity contribution in [2.24, 2.45) is 0 Å². The van der Waals surface area contributed by atoms with Crippen LogP contribution in [0.4, 0.5) is 0 Å². The van der Waals surface area contributed by atoms with E-state index in [1.807, 2.05) is 24.3 Å². The molecule has 1 N–H and O–H groups in total. The van der Waals surface area contributed by atoms with Gasteiger partial charge in [-0.2, -0.15) is 5.26 Å². The smallest absolute Gasteiger partial charge is 0.161 e. The fourth-order valence-corrected chi connectivity index (χ4v) is 2.94. The number of fused-ring (bicyclic) bond motifs is 1. The van der Waals surface area contributed by atoms with Gasteiger partial charge in [0.25, 0.3) is 0 Å². The van der Waals surface area contributed by atoms with E-state index in [1.165, 1.54) is 11.1 Å². The van der Waals surface area contributed by atoms with Crippen LogP contribution in [-0.2, 0) is 0 Å². The topological polar surface area (TPSA) is 70.9 Å². The zero-order chi connectivity index (χ0) is 20.1. The number of benzene rings is 2. The maximum absolute atomic E-state index is 9.67. The number of rotatable bonds is 7. The first-order valence-electron chi connectivity index (χ1n) is 9.45. The molecule has 3 rings (SSSR count). The molecule has 2 aromatic carbocycles. The standard InChI is InChI=1S/C23H25N3O2/c1-5-6-9-28-21-8-7-17(13-22(21)27-4)12-18(14-24)23-25-19-10-15(2)16(3)11-20(19)26-23/h7-8,10-13H,5-6,9H2,1-4H3,(H,25,26)/b18-12-. The summed E-state index contributed by atoms with van der Waals surface area (Å²) in [6, 6.07) is 12.0. The first-order valence-corrected chi connectivity index (χ1v) is 9.45. The van der Waals surface area contributed by atoms with Gasteiger partial charge in [0.2, 0.25) is 0 Å². The van der Waals surface area contributed by atoms with Gasteiger partial charge < -0.3 is 14.5 Å². The van der Waals surface area contributed by atoms with Crippen molar-refractivity contribution in [1.82, 2.24) is 9.97 Å². The van der Waals surface area contributed by atoms with E-state index < -0.39 is 0 Å². The van der Waals surface area contributed by atoms with Gasteiger partial charge in [-0.05, 0) is 67.3 Å². The van der Waals surface area contributed by atoms with Crippen molar-refractivity contribution in [2.75, 3.05) is 13.7 Å². The molecular formula is C23H25N3O2. The molecular weight excluding hydrogens is 350 g/mol. The number of nitriles is 1. The van der Waals surface area contributed by atoms with Crippen LogP contribution in [-0.4, -0.2) is 23.7 Å². The number of unbranched alkanes of at least 4 members (excludes halogenated alkanes) is 1. The Labute approximate surface area is 165 Å². The van der Waals surface area contributed by atoms with Gasteiger partial charge >= 0.3 is 0 Å². The molecule has 5 nitrogen and oxygen atoms in total. The van der Waals surface area contributed by atoms with Crippen molar-refractivity contribution >= 4 is 22.7 Å². The molecule has 0 unspecified atom stereocenters. The predicted molar refractivity (Wildman–Crippen MR) is 112 cm³/mol. The predicted octanol–water partition coefficient (Wildman–Crippen LogP) is 5.43. The molecule has 3 aromatic rings. The molecule has 0 aliphatic carbocycles. The van der Waals surface area contributed by atoms with Crippen LogP contribution in [0.2, 0.25) is 0 Å². The number of aromatic amines is 1. The second kappa shape index (κ2) is 8.62. The Morgan fingerprint density at radius 2 is 1.96 bits per heavy atom. The summed E-state index contributed by atoms with van der Waals surface area (Å²) >= 11 is 0. The van der Waals surface area contributed by atoms with Gasteiger partial charge in [0.15, 0.2) is 11.5 Å². The van der Waals surface area contributed by atoms with Crippen LogP contribution < -0.4 is 9.47 Å².